The molecule has 1 heterocycles. The summed E-state index contributed by atoms with van der Waals surface area (Å²) in [7, 11) is 0. The molecule has 27 heavy (non-hydrogen) atoms. The van der Waals surface area contributed by atoms with Crippen LogP contribution < -0.4 is 5.32 Å². The monoisotopic (exact) mass is 364 g/mol. The van der Waals surface area contributed by atoms with Crippen LogP contribution in [-0.2, 0) is 35.3 Å². The second-order valence-corrected chi connectivity index (χ2v) is 7.65. The van der Waals surface area contributed by atoms with Crippen molar-refractivity contribution in [2.45, 2.75) is 38.3 Å². The lowest BCUT2D eigenvalue weighted by Crippen LogP contribution is -2.47. The summed E-state index contributed by atoms with van der Waals surface area (Å²) in [5.41, 5.74) is 5.31. The smallest absolute Gasteiger partial charge is 0.224 e. The second kappa shape index (κ2) is 8.68. The van der Waals surface area contributed by atoms with Crippen LogP contribution in [0.25, 0.3) is 0 Å². The van der Waals surface area contributed by atoms with Crippen molar-refractivity contribution in [2.24, 2.45) is 0 Å². The maximum absolute atomic E-state index is 12.3. The van der Waals surface area contributed by atoms with Crippen LogP contribution in [0, 0.1) is 0 Å². The van der Waals surface area contributed by atoms with Gasteiger partial charge in [0.05, 0.1) is 19.1 Å². The fraction of sp³-hybridized carbons (Fsp3) is 0.435. The lowest BCUT2D eigenvalue weighted by atomic mass is 10.0. The highest BCUT2D eigenvalue weighted by Crippen LogP contribution is 2.23. The number of hydrogen-bond donors (Lipinski definition) is 1. The fourth-order valence-electron chi connectivity index (χ4n) is 4.10. The van der Waals surface area contributed by atoms with Gasteiger partial charge in [-0.25, -0.2) is 0 Å². The molecular weight excluding hydrogens is 336 g/mol. The van der Waals surface area contributed by atoms with E-state index in [0.717, 1.165) is 38.2 Å². The van der Waals surface area contributed by atoms with Crippen molar-refractivity contribution in [1.82, 2.24) is 10.2 Å². The maximum Gasteiger partial charge on any atom is 0.224 e. The number of amides is 1. The zero-order valence-corrected chi connectivity index (χ0v) is 15.8. The lowest BCUT2D eigenvalue weighted by Gasteiger charge is -2.33. The lowest BCUT2D eigenvalue weighted by molar-refractivity contribution is -0.121. The highest BCUT2D eigenvalue weighted by Gasteiger charge is 2.21. The Morgan fingerprint density at radius 1 is 1.07 bits per heavy atom. The zero-order chi connectivity index (χ0) is 18.5. The SMILES string of the molecule is O=C(Cc1ccc2c(c1)CCC2)NC[C@@H]1CN(Cc2ccccc2)CCO1. The third-order valence-corrected chi connectivity index (χ3v) is 5.53. The fourth-order valence-corrected chi connectivity index (χ4v) is 4.10. The standard InChI is InChI=1S/C23H28N2O2/c26-23(14-19-9-10-20-7-4-8-21(20)13-19)24-15-22-17-25(11-12-27-22)16-18-5-2-1-3-6-18/h1-3,5-6,9-10,13,22H,4,7-8,11-12,14-17H2,(H,24,26)/t22-/m1/s1. The maximum atomic E-state index is 12.3. The van der Waals surface area contributed by atoms with Crippen LogP contribution in [0.2, 0.25) is 0 Å². The van der Waals surface area contributed by atoms with Crippen LogP contribution in [0.4, 0.5) is 0 Å². The number of carbonyl (C=O) groups is 1. The minimum Gasteiger partial charge on any atom is -0.374 e. The Morgan fingerprint density at radius 3 is 2.81 bits per heavy atom. The minimum absolute atomic E-state index is 0.0615. The van der Waals surface area contributed by atoms with Gasteiger partial charge in [0.15, 0.2) is 0 Å². The van der Waals surface area contributed by atoms with Crippen LogP contribution in [0.5, 0.6) is 0 Å². The summed E-state index contributed by atoms with van der Waals surface area (Å²) in [5.74, 6) is 0.0803. The Bertz CT molecular complexity index is 775. The highest BCUT2D eigenvalue weighted by atomic mass is 16.5. The van der Waals surface area contributed by atoms with Gasteiger partial charge in [0, 0.05) is 26.2 Å². The van der Waals surface area contributed by atoms with E-state index in [4.69, 9.17) is 4.74 Å². The topological polar surface area (TPSA) is 41.6 Å². The number of carbonyl (C=O) groups excluding carboxylic acids is 1. The molecule has 4 heteroatoms. The molecule has 0 bridgehead atoms. The number of nitrogens with one attached hydrogen (secondary N) is 1. The Morgan fingerprint density at radius 2 is 1.93 bits per heavy atom. The summed E-state index contributed by atoms with van der Waals surface area (Å²) in [6.07, 6.45) is 4.08. The Hall–Kier alpha value is -2.17. The van der Waals surface area contributed by atoms with Crippen LogP contribution >= 0.6 is 0 Å². The molecule has 1 aliphatic heterocycles. The molecule has 0 radical (unpaired) electrons. The molecular formula is C23H28N2O2. The summed E-state index contributed by atoms with van der Waals surface area (Å²) in [6, 6.07) is 17.0. The van der Waals surface area contributed by atoms with Crippen LogP contribution in [-0.4, -0.2) is 43.2 Å². The number of fused-ring (bicyclic) bond motifs is 1. The van der Waals surface area contributed by atoms with Gasteiger partial charge in [0.1, 0.15) is 0 Å². The number of hydrogen-bond acceptors (Lipinski definition) is 3. The largest absolute Gasteiger partial charge is 0.374 e. The molecule has 1 amide bonds. The molecule has 1 fully saturated rings. The van der Waals surface area contributed by atoms with Crippen molar-refractivity contribution in [3.05, 3.63) is 70.8 Å². The Kier molecular flexibility index (Phi) is 5.85. The quantitative estimate of drug-likeness (QED) is 0.857. The molecule has 0 unspecified atom stereocenters. The summed E-state index contributed by atoms with van der Waals surface area (Å²) in [5, 5.41) is 3.06. The average Bonchev–Trinajstić information content (AvgIpc) is 3.15. The molecule has 1 atom stereocenters. The molecule has 1 N–H and O–H groups in total. The molecule has 4 rings (SSSR count). The molecule has 1 aliphatic carbocycles. The molecule has 2 aromatic rings. The van der Waals surface area contributed by atoms with E-state index >= 15 is 0 Å². The first-order valence-electron chi connectivity index (χ1n) is 10.0. The third-order valence-electron chi connectivity index (χ3n) is 5.53. The first-order chi connectivity index (χ1) is 13.3. The molecule has 142 valence electrons. The normalized spacial score (nSPS) is 19.6. The van der Waals surface area contributed by atoms with Crippen molar-refractivity contribution in [3.63, 3.8) is 0 Å². The first-order valence-corrected chi connectivity index (χ1v) is 10.0. The van der Waals surface area contributed by atoms with E-state index in [9.17, 15) is 4.79 Å². The summed E-state index contributed by atoms with van der Waals surface area (Å²) in [6.45, 7) is 4.03. The number of ether oxygens (including phenoxy) is 1. The van der Waals surface area contributed by atoms with E-state index in [1.165, 1.54) is 29.5 Å². The van der Waals surface area contributed by atoms with Gasteiger partial charge in [-0.2, -0.15) is 0 Å². The number of nitrogens with zero attached hydrogens (tertiary/aromatic N) is 1. The van der Waals surface area contributed by atoms with Gasteiger partial charge < -0.3 is 10.1 Å². The van der Waals surface area contributed by atoms with E-state index in [1.807, 2.05) is 6.07 Å². The van der Waals surface area contributed by atoms with Gasteiger partial charge in [-0.15, -0.1) is 0 Å². The van der Waals surface area contributed by atoms with Gasteiger partial charge in [-0.05, 0) is 41.5 Å². The molecule has 4 nitrogen and oxygen atoms in total. The van der Waals surface area contributed by atoms with Crippen molar-refractivity contribution < 1.29 is 9.53 Å². The van der Waals surface area contributed by atoms with Crippen molar-refractivity contribution in [2.75, 3.05) is 26.2 Å². The van der Waals surface area contributed by atoms with Gasteiger partial charge in [-0.1, -0.05) is 48.5 Å². The molecule has 0 saturated carbocycles. The molecule has 0 spiro atoms. The van der Waals surface area contributed by atoms with E-state index in [1.54, 1.807) is 0 Å². The third kappa shape index (κ3) is 4.96. The predicted octanol–water partition coefficient (Wildman–Crippen LogP) is 2.74. The van der Waals surface area contributed by atoms with E-state index in [2.05, 4.69) is 52.7 Å². The highest BCUT2D eigenvalue weighted by molar-refractivity contribution is 5.78. The average molecular weight is 364 g/mol. The van der Waals surface area contributed by atoms with Gasteiger partial charge >= 0.3 is 0 Å². The van der Waals surface area contributed by atoms with E-state index in [-0.39, 0.29) is 12.0 Å². The Balaban J connectivity index is 1.23. The van der Waals surface area contributed by atoms with Gasteiger partial charge in [0.2, 0.25) is 5.91 Å². The van der Waals surface area contributed by atoms with Gasteiger partial charge in [0.25, 0.3) is 0 Å². The Labute approximate surface area is 161 Å². The number of morpholine rings is 1. The number of benzene rings is 2. The summed E-state index contributed by atoms with van der Waals surface area (Å²) < 4.78 is 5.85. The second-order valence-electron chi connectivity index (χ2n) is 7.65. The molecule has 0 aromatic heterocycles. The minimum atomic E-state index is 0.0615. The molecule has 1 saturated heterocycles. The van der Waals surface area contributed by atoms with Crippen molar-refractivity contribution >= 4 is 5.91 Å². The summed E-state index contributed by atoms with van der Waals surface area (Å²) >= 11 is 0. The summed E-state index contributed by atoms with van der Waals surface area (Å²) in [4.78, 5) is 14.7. The van der Waals surface area contributed by atoms with E-state index < -0.39 is 0 Å². The van der Waals surface area contributed by atoms with Crippen LogP contribution in [0.15, 0.2) is 48.5 Å². The number of aryl methyl sites for hydroxylation is 2. The van der Waals surface area contributed by atoms with Gasteiger partial charge in [-0.3, -0.25) is 9.69 Å². The first kappa shape index (κ1) is 18.2. The number of rotatable bonds is 6. The molecule has 2 aromatic carbocycles. The zero-order valence-electron chi connectivity index (χ0n) is 15.8. The van der Waals surface area contributed by atoms with Crippen LogP contribution in [0.3, 0.4) is 0 Å². The molecule has 2 aliphatic rings. The van der Waals surface area contributed by atoms with E-state index in [0.29, 0.717) is 13.0 Å². The van der Waals surface area contributed by atoms with Crippen molar-refractivity contribution in [3.8, 4) is 0 Å². The van der Waals surface area contributed by atoms with Crippen molar-refractivity contribution in [1.29, 1.82) is 0 Å². The predicted molar refractivity (Wildman–Crippen MR) is 107 cm³/mol. The van der Waals surface area contributed by atoms with Crippen LogP contribution in [0.1, 0.15) is 28.7 Å².